The smallest absolute Gasteiger partial charge is 0.257 e. The summed E-state index contributed by atoms with van der Waals surface area (Å²) in [6.07, 6.45) is 2.69. The summed E-state index contributed by atoms with van der Waals surface area (Å²) < 4.78 is 1.03. The standard InChI is InChI=1S/C14H13BrN2O2/c1-8-3-11(4-9(2)13(8)15)17-14(19)10-5-12(18)7-16-6-10/h3-7,18H,1-2H3,(H,17,19). The summed E-state index contributed by atoms with van der Waals surface area (Å²) in [5.74, 6) is -0.333. The third-order valence-corrected chi connectivity index (χ3v) is 3.93. The fourth-order valence-corrected chi connectivity index (χ4v) is 2.00. The highest BCUT2D eigenvalue weighted by atomic mass is 79.9. The number of carbonyl (C=O) groups is 1. The van der Waals surface area contributed by atoms with Crippen LogP contribution in [-0.2, 0) is 0 Å². The maximum atomic E-state index is 12.0. The number of pyridine rings is 1. The first kappa shape index (κ1) is 13.5. The summed E-state index contributed by atoms with van der Waals surface area (Å²) in [5, 5.41) is 12.1. The number of nitrogens with zero attached hydrogens (tertiary/aromatic N) is 1. The molecule has 2 aromatic rings. The van der Waals surface area contributed by atoms with Gasteiger partial charge < -0.3 is 10.4 Å². The van der Waals surface area contributed by atoms with E-state index < -0.39 is 0 Å². The highest BCUT2D eigenvalue weighted by Crippen LogP contribution is 2.25. The topological polar surface area (TPSA) is 62.2 Å². The van der Waals surface area contributed by atoms with Gasteiger partial charge in [0.1, 0.15) is 5.75 Å². The Balaban J connectivity index is 2.24. The monoisotopic (exact) mass is 320 g/mol. The number of anilines is 1. The van der Waals surface area contributed by atoms with Gasteiger partial charge in [0.15, 0.2) is 0 Å². The molecule has 19 heavy (non-hydrogen) atoms. The van der Waals surface area contributed by atoms with E-state index in [9.17, 15) is 9.90 Å². The molecule has 98 valence electrons. The molecule has 0 fully saturated rings. The molecular formula is C14H13BrN2O2. The van der Waals surface area contributed by atoms with E-state index in [1.165, 1.54) is 18.5 Å². The van der Waals surface area contributed by atoms with Gasteiger partial charge in [-0.05, 0) is 43.2 Å². The van der Waals surface area contributed by atoms with E-state index in [1.807, 2.05) is 26.0 Å². The SMILES string of the molecule is Cc1cc(NC(=O)c2cncc(O)c2)cc(C)c1Br. The molecule has 2 rings (SSSR count). The molecule has 0 saturated heterocycles. The second-order valence-corrected chi connectivity index (χ2v) is 5.10. The van der Waals surface area contributed by atoms with Crippen LogP contribution in [0.3, 0.4) is 0 Å². The lowest BCUT2D eigenvalue weighted by Crippen LogP contribution is -2.12. The Morgan fingerprint density at radius 3 is 2.42 bits per heavy atom. The molecule has 0 aliphatic carbocycles. The molecule has 0 radical (unpaired) electrons. The molecule has 1 amide bonds. The van der Waals surface area contributed by atoms with Crippen LogP contribution in [0.2, 0.25) is 0 Å². The van der Waals surface area contributed by atoms with Crippen LogP contribution in [-0.4, -0.2) is 16.0 Å². The quantitative estimate of drug-likeness (QED) is 0.891. The largest absolute Gasteiger partial charge is 0.506 e. The Kier molecular flexibility index (Phi) is 3.85. The van der Waals surface area contributed by atoms with Crippen LogP contribution in [0.5, 0.6) is 5.75 Å². The van der Waals surface area contributed by atoms with Crippen LogP contribution in [0.15, 0.2) is 35.1 Å². The molecule has 1 aromatic heterocycles. The second kappa shape index (κ2) is 5.40. The minimum atomic E-state index is -0.301. The van der Waals surface area contributed by atoms with E-state index in [0.29, 0.717) is 11.3 Å². The zero-order valence-electron chi connectivity index (χ0n) is 10.6. The van der Waals surface area contributed by atoms with Gasteiger partial charge >= 0.3 is 0 Å². The van der Waals surface area contributed by atoms with Gasteiger partial charge in [-0.15, -0.1) is 0 Å². The number of aromatic hydroxyl groups is 1. The van der Waals surface area contributed by atoms with E-state index in [0.717, 1.165) is 15.6 Å². The maximum Gasteiger partial charge on any atom is 0.257 e. The summed E-state index contributed by atoms with van der Waals surface area (Å²) in [6, 6.07) is 5.14. The number of rotatable bonds is 2. The third kappa shape index (κ3) is 3.12. The number of nitrogens with one attached hydrogen (secondary N) is 1. The average molecular weight is 321 g/mol. The van der Waals surface area contributed by atoms with E-state index >= 15 is 0 Å². The Labute approximate surface area is 119 Å². The molecule has 0 unspecified atom stereocenters. The number of hydrogen-bond acceptors (Lipinski definition) is 3. The fraction of sp³-hybridized carbons (Fsp3) is 0.143. The van der Waals surface area contributed by atoms with Crippen molar-refractivity contribution in [3.8, 4) is 5.75 Å². The molecule has 0 atom stereocenters. The van der Waals surface area contributed by atoms with Crippen molar-refractivity contribution >= 4 is 27.5 Å². The van der Waals surface area contributed by atoms with Gasteiger partial charge in [0.05, 0.1) is 11.8 Å². The molecular weight excluding hydrogens is 308 g/mol. The van der Waals surface area contributed by atoms with E-state index in [-0.39, 0.29) is 11.7 Å². The second-order valence-electron chi connectivity index (χ2n) is 4.31. The van der Waals surface area contributed by atoms with E-state index in [2.05, 4.69) is 26.2 Å². The molecule has 0 aliphatic heterocycles. The molecule has 0 aliphatic rings. The number of benzene rings is 1. The van der Waals surface area contributed by atoms with Crippen molar-refractivity contribution in [3.63, 3.8) is 0 Å². The average Bonchev–Trinajstić information content (AvgIpc) is 2.36. The van der Waals surface area contributed by atoms with Crippen molar-refractivity contribution in [2.75, 3.05) is 5.32 Å². The lowest BCUT2D eigenvalue weighted by atomic mass is 10.1. The van der Waals surface area contributed by atoms with Gasteiger partial charge in [0.25, 0.3) is 5.91 Å². The van der Waals surface area contributed by atoms with E-state index in [1.54, 1.807) is 0 Å². The van der Waals surface area contributed by atoms with Gasteiger partial charge in [-0.1, -0.05) is 15.9 Å². The molecule has 0 saturated carbocycles. The molecule has 1 aromatic carbocycles. The number of carbonyl (C=O) groups excluding carboxylic acids is 1. The summed E-state index contributed by atoms with van der Waals surface area (Å²) in [6.45, 7) is 3.92. The highest BCUT2D eigenvalue weighted by molar-refractivity contribution is 9.10. The molecule has 0 spiro atoms. The van der Waals surface area contributed by atoms with Crippen LogP contribution in [0, 0.1) is 13.8 Å². The van der Waals surface area contributed by atoms with Crippen LogP contribution in [0.4, 0.5) is 5.69 Å². The number of aryl methyl sites for hydroxylation is 2. The summed E-state index contributed by atoms with van der Waals surface area (Å²) >= 11 is 3.48. The van der Waals surface area contributed by atoms with Gasteiger partial charge in [-0.3, -0.25) is 9.78 Å². The first-order chi connectivity index (χ1) is 8.97. The zero-order valence-corrected chi connectivity index (χ0v) is 12.2. The van der Waals surface area contributed by atoms with Crippen molar-refractivity contribution in [2.24, 2.45) is 0 Å². The summed E-state index contributed by atoms with van der Waals surface area (Å²) in [5.41, 5.74) is 3.12. The van der Waals surface area contributed by atoms with Gasteiger partial charge in [0, 0.05) is 16.4 Å². The molecule has 1 heterocycles. The first-order valence-electron chi connectivity index (χ1n) is 5.69. The van der Waals surface area contributed by atoms with Crippen molar-refractivity contribution < 1.29 is 9.90 Å². The normalized spacial score (nSPS) is 10.3. The lowest BCUT2D eigenvalue weighted by Gasteiger charge is -2.09. The minimum absolute atomic E-state index is 0.0317. The van der Waals surface area contributed by atoms with Crippen LogP contribution < -0.4 is 5.32 Å². The minimum Gasteiger partial charge on any atom is -0.506 e. The Hall–Kier alpha value is -1.88. The third-order valence-electron chi connectivity index (χ3n) is 2.68. The molecule has 0 bridgehead atoms. The molecule has 5 heteroatoms. The Morgan fingerprint density at radius 2 is 1.84 bits per heavy atom. The highest BCUT2D eigenvalue weighted by Gasteiger charge is 2.09. The summed E-state index contributed by atoms with van der Waals surface area (Å²) in [7, 11) is 0. The Morgan fingerprint density at radius 1 is 1.21 bits per heavy atom. The maximum absolute atomic E-state index is 12.0. The van der Waals surface area contributed by atoms with Crippen LogP contribution in [0.1, 0.15) is 21.5 Å². The van der Waals surface area contributed by atoms with Crippen LogP contribution >= 0.6 is 15.9 Å². The Bertz CT molecular complexity index is 618. The van der Waals surface area contributed by atoms with Gasteiger partial charge in [0.2, 0.25) is 0 Å². The molecule has 4 nitrogen and oxygen atoms in total. The van der Waals surface area contributed by atoms with Gasteiger partial charge in [-0.2, -0.15) is 0 Å². The van der Waals surface area contributed by atoms with Crippen molar-refractivity contribution in [3.05, 3.63) is 51.8 Å². The van der Waals surface area contributed by atoms with Gasteiger partial charge in [-0.25, -0.2) is 0 Å². The number of aromatic nitrogens is 1. The van der Waals surface area contributed by atoms with Crippen molar-refractivity contribution in [2.45, 2.75) is 13.8 Å². The predicted molar refractivity (Wildman–Crippen MR) is 77.5 cm³/mol. The first-order valence-corrected chi connectivity index (χ1v) is 6.49. The number of amides is 1. The van der Waals surface area contributed by atoms with Crippen molar-refractivity contribution in [1.29, 1.82) is 0 Å². The summed E-state index contributed by atoms with van der Waals surface area (Å²) in [4.78, 5) is 15.8. The van der Waals surface area contributed by atoms with E-state index in [4.69, 9.17) is 0 Å². The lowest BCUT2D eigenvalue weighted by molar-refractivity contribution is 0.102. The fourth-order valence-electron chi connectivity index (χ4n) is 1.77. The number of halogens is 1. The van der Waals surface area contributed by atoms with Crippen LogP contribution in [0.25, 0.3) is 0 Å². The van der Waals surface area contributed by atoms with Crippen molar-refractivity contribution in [1.82, 2.24) is 4.98 Å². The predicted octanol–water partition coefficient (Wildman–Crippen LogP) is 3.42. The number of hydrogen-bond donors (Lipinski definition) is 2. The molecule has 2 N–H and O–H groups in total. The zero-order chi connectivity index (χ0) is 14.0.